The zero-order valence-electron chi connectivity index (χ0n) is 7.80. The third kappa shape index (κ3) is 1.18. The number of ether oxygens (including phenoxy) is 1. The number of rotatable bonds is 2. The van der Waals surface area contributed by atoms with Crippen molar-refractivity contribution in [1.82, 2.24) is 0 Å². The quantitative estimate of drug-likeness (QED) is 0.589. The van der Waals surface area contributed by atoms with Crippen LogP contribution in [0.25, 0.3) is 0 Å². The van der Waals surface area contributed by atoms with E-state index >= 15 is 0 Å². The van der Waals surface area contributed by atoms with Gasteiger partial charge in [0.05, 0.1) is 0 Å². The van der Waals surface area contributed by atoms with Gasteiger partial charge in [-0.1, -0.05) is 13.8 Å². The Morgan fingerprint density at radius 2 is 2.42 bits per heavy atom. The van der Waals surface area contributed by atoms with Gasteiger partial charge in [-0.3, -0.25) is 4.79 Å². The van der Waals surface area contributed by atoms with E-state index in [2.05, 4.69) is 13.8 Å². The highest BCUT2D eigenvalue weighted by Gasteiger charge is 2.61. The van der Waals surface area contributed by atoms with Crippen molar-refractivity contribution >= 4 is 5.78 Å². The Kier molecular flexibility index (Phi) is 1.76. The van der Waals surface area contributed by atoms with Crippen LogP contribution in [0.3, 0.4) is 0 Å². The van der Waals surface area contributed by atoms with Crippen LogP contribution in [0, 0.1) is 5.92 Å². The van der Waals surface area contributed by atoms with Gasteiger partial charge in [0.15, 0.2) is 5.78 Å². The number of ketones is 1. The minimum Gasteiger partial charge on any atom is -0.358 e. The minimum atomic E-state index is -0.0198. The predicted molar refractivity (Wildman–Crippen MR) is 45.9 cm³/mol. The number of epoxide rings is 1. The van der Waals surface area contributed by atoms with Crippen LogP contribution in [0.1, 0.15) is 39.5 Å². The maximum atomic E-state index is 11.3. The molecular formula is C10H16O2. The first-order valence-corrected chi connectivity index (χ1v) is 4.84. The predicted octanol–water partition coefficient (Wildman–Crippen LogP) is 1.92. The van der Waals surface area contributed by atoms with Crippen LogP contribution in [-0.2, 0) is 9.53 Å². The highest BCUT2D eigenvalue weighted by molar-refractivity contribution is 5.87. The van der Waals surface area contributed by atoms with Crippen molar-refractivity contribution < 1.29 is 9.53 Å². The smallest absolute Gasteiger partial charge is 0.164 e. The molecule has 0 bridgehead atoms. The number of hydrogen-bond donors (Lipinski definition) is 0. The maximum absolute atomic E-state index is 11.3. The highest BCUT2D eigenvalue weighted by Crippen LogP contribution is 2.49. The van der Waals surface area contributed by atoms with E-state index in [1.54, 1.807) is 0 Å². The van der Waals surface area contributed by atoms with Crippen LogP contribution in [0.4, 0.5) is 0 Å². The molecule has 1 aliphatic carbocycles. The molecule has 0 unspecified atom stereocenters. The molecular weight excluding hydrogens is 152 g/mol. The third-order valence-corrected chi connectivity index (χ3v) is 2.84. The van der Waals surface area contributed by atoms with Gasteiger partial charge in [-0.15, -0.1) is 0 Å². The standard InChI is InChI=1S/C10H16O2/c1-7(2)6-10-5-3-4-8(11)9(10)12-10/h7,9H,3-6H2,1-2H3/t9-,10-/m1/s1. The monoisotopic (exact) mass is 168 g/mol. The van der Waals surface area contributed by atoms with E-state index < -0.39 is 0 Å². The first-order chi connectivity index (χ1) is 5.64. The fourth-order valence-corrected chi connectivity index (χ4v) is 2.39. The molecule has 1 aliphatic heterocycles. The molecule has 2 nitrogen and oxygen atoms in total. The maximum Gasteiger partial charge on any atom is 0.164 e. The van der Waals surface area contributed by atoms with Gasteiger partial charge >= 0.3 is 0 Å². The molecule has 0 radical (unpaired) electrons. The molecule has 0 spiro atoms. The molecule has 2 heteroatoms. The largest absolute Gasteiger partial charge is 0.358 e. The molecule has 1 saturated heterocycles. The summed E-state index contributed by atoms with van der Waals surface area (Å²) in [6.07, 6.45) is 3.91. The summed E-state index contributed by atoms with van der Waals surface area (Å²) in [4.78, 5) is 11.3. The molecule has 2 rings (SSSR count). The van der Waals surface area contributed by atoms with Crippen molar-refractivity contribution in [3.05, 3.63) is 0 Å². The third-order valence-electron chi connectivity index (χ3n) is 2.84. The van der Waals surface area contributed by atoms with Gasteiger partial charge in [0, 0.05) is 6.42 Å². The van der Waals surface area contributed by atoms with E-state index in [9.17, 15) is 4.79 Å². The van der Waals surface area contributed by atoms with Gasteiger partial charge < -0.3 is 4.74 Å². The van der Waals surface area contributed by atoms with Crippen LogP contribution < -0.4 is 0 Å². The lowest BCUT2D eigenvalue weighted by molar-refractivity contribution is -0.120. The molecule has 12 heavy (non-hydrogen) atoms. The number of hydrogen-bond acceptors (Lipinski definition) is 2. The molecule has 0 aromatic carbocycles. The molecule has 2 atom stereocenters. The van der Waals surface area contributed by atoms with E-state index in [-0.39, 0.29) is 11.7 Å². The lowest BCUT2D eigenvalue weighted by Gasteiger charge is -2.17. The van der Waals surface area contributed by atoms with Crippen LogP contribution in [0.15, 0.2) is 0 Å². The Morgan fingerprint density at radius 3 is 3.08 bits per heavy atom. The summed E-state index contributed by atoms with van der Waals surface area (Å²) in [5.41, 5.74) is -0.0104. The molecule has 2 aliphatic rings. The van der Waals surface area contributed by atoms with Gasteiger partial charge in [0.25, 0.3) is 0 Å². The second-order valence-electron chi connectivity index (χ2n) is 4.48. The van der Waals surface area contributed by atoms with E-state index in [0.29, 0.717) is 11.7 Å². The summed E-state index contributed by atoms with van der Waals surface area (Å²) >= 11 is 0. The fraction of sp³-hybridized carbons (Fsp3) is 0.900. The topological polar surface area (TPSA) is 29.6 Å². The normalized spacial score (nSPS) is 39.9. The second-order valence-corrected chi connectivity index (χ2v) is 4.48. The first kappa shape index (κ1) is 8.24. The Hall–Kier alpha value is -0.370. The Labute approximate surface area is 73.3 Å². The number of fused-ring (bicyclic) bond motifs is 1. The van der Waals surface area contributed by atoms with Gasteiger partial charge in [-0.2, -0.15) is 0 Å². The van der Waals surface area contributed by atoms with Crippen LogP contribution in [-0.4, -0.2) is 17.5 Å². The highest BCUT2D eigenvalue weighted by atomic mass is 16.6. The van der Waals surface area contributed by atoms with Crippen LogP contribution in [0.5, 0.6) is 0 Å². The van der Waals surface area contributed by atoms with Crippen molar-refractivity contribution in [3.8, 4) is 0 Å². The number of Topliss-reactive ketones (excluding diaryl/α,β-unsaturated/α-hetero) is 1. The first-order valence-electron chi connectivity index (χ1n) is 4.84. The Bertz CT molecular complexity index is 210. The Balaban J connectivity index is 2.01. The summed E-state index contributed by atoms with van der Waals surface area (Å²) < 4.78 is 5.54. The molecule has 68 valence electrons. The molecule has 0 amide bonds. The van der Waals surface area contributed by atoms with Crippen LogP contribution in [0.2, 0.25) is 0 Å². The van der Waals surface area contributed by atoms with E-state index in [1.165, 1.54) is 0 Å². The van der Waals surface area contributed by atoms with Gasteiger partial charge in [-0.25, -0.2) is 0 Å². The molecule has 1 saturated carbocycles. The van der Waals surface area contributed by atoms with Crippen molar-refractivity contribution in [1.29, 1.82) is 0 Å². The van der Waals surface area contributed by atoms with Gasteiger partial charge in [0.1, 0.15) is 11.7 Å². The van der Waals surface area contributed by atoms with E-state index in [4.69, 9.17) is 4.74 Å². The summed E-state index contributed by atoms with van der Waals surface area (Å²) in [7, 11) is 0. The van der Waals surface area contributed by atoms with Crippen molar-refractivity contribution in [3.63, 3.8) is 0 Å². The average molecular weight is 168 g/mol. The van der Waals surface area contributed by atoms with E-state index in [0.717, 1.165) is 25.7 Å². The van der Waals surface area contributed by atoms with Crippen LogP contribution >= 0.6 is 0 Å². The number of carbonyl (C=O) groups excluding carboxylic acids is 1. The van der Waals surface area contributed by atoms with Crippen molar-refractivity contribution in [2.45, 2.75) is 51.2 Å². The summed E-state index contributed by atoms with van der Waals surface area (Å²) in [6, 6.07) is 0. The van der Waals surface area contributed by atoms with Crippen molar-refractivity contribution in [2.75, 3.05) is 0 Å². The van der Waals surface area contributed by atoms with Gasteiger partial charge in [0.2, 0.25) is 0 Å². The van der Waals surface area contributed by atoms with Crippen molar-refractivity contribution in [2.24, 2.45) is 5.92 Å². The molecule has 0 aromatic rings. The number of carbonyl (C=O) groups is 1. The summed E-state index contributed by atoms with van der Waals surface area (Å²) in [6.45, 7) is 4.37. The fourth-order valence-electron chi connectivity index (χ4n) is 2.39. The summed E-state index contributed by atoms with van der Waals surface area (Å²) in [5.74, 6) is 0.975. The SMILES string of the molecule is CC(C)C[C@]12CCCC(=O)[C@H]1O2. The zero-order chi connectivity index (χ0) is 8.77. The molecule has 0 aromatic heterocycles. The van der Waals surface area contributed by atoms with E-state index in [1.807, 2.05) is 0 Å². The molecule has 0 N–H and O–H groups in total. The zero-order valence-corrected chi connectivity index (χ0v) is 7.80. The molecule has 2 fully saturated rings. The minimum absolute atomic E-state index is 0.0104. The van der Waals surface area contributed by atoms with Gasteiger partial charge in [-0.05, 0) is 25.2 Å². The molecule has 1 heterocycles. The Morgan fingerprint density at radius 1 is 1.67 bits per heavy atom. The second kappa shape index (κ2) is 2.56. The lowest BCUT2D eigenvalue weighted by atomic mass is 9.83. The average Bonchev–Trinajstić information content (AvgIpc) is 2.62. The summed E-state index contributed by atoms with van der Waals surface area (Å²) in [5, 5.41) is 0. The lowest BCUT2D eigenvalue weighted by Crippen LogP contribution is -2.27.